The first-order chi connectivity index (χ1) is 49.3. The van der Waals surface area contributed by atoms with Crippen LogP contribution in [-0.4, -0.2) is 284 Å². The van der Waals surface area contributed by atoms with Gasteiger partial charge in [0.15, 0.2) is 18.7 Å². The Bertz CT molecular complexity index is 4390. The highest BCUT2D eigenvalue weighted by atomic mass is 31.2. The average Bonchev–Trinajstić information content (AvgIpc) is 1.69. The lowest BCUT2D eigenvalue weighted by Gasteiger charge is -2.19. The van der Waals surface area contributed by atoms with E-state index in [0.717, 1.165) is 48.5 Å². The summed E-state index contributed by atoms with van der Waals surface area (Å²) in [4.78, 5) is 137. The third-order valence-electron chi connectivity index (χ3n) is 18.1. The molecule has 0 saturated carbocycles. The lowest BCUT2D eigenvalue weighted by Crippen LogP contribution is -2.42. The Hall–Kier alpha value is -6.05. The number of rotatable bonds is 28. The first-order valence-corrected chi connectivity index (χ1v) is 47.2. The molecule has 13 N–H and O–H groups in total. The second-order valence-electron chi connectivity index (χ2n) is 31.1. The van der Waals surface area contributed by atoms with Crippen LogP contribution in [0.25, 0.3) is 0 Å². The first-order valence-electron chi connectivity index (χ1n) is 35.0. The minimum absolute atomic E-state index is 0.0628. The van der Waals surface area contributed by atoms with E-state index in [2.05, 4.69) is 98.8 Å². The lowest BCUT2D eigenvalue weighted by atomic mass is 10.0. The first kappa shape index (κ1) is 91.6. The number of H-pyrrole nitrogens is 3. The molecule has 4 aromatic rings. The van der Waals surface area contributed by atoms with E-state index < -0.39 is 182 Å². The molecule has 4 saturated heterocycles. The van der Waals surface area contributed by atoms with E-state index in [-0.39, 0.29) is 60.6 Å². The maximum atomic E-state index is 12.9. The van der Waals surface area contributed by atoms with Crippen LogP contribution in [0.1, 0.15) is 114 Å². The summed E-state index contributed by atoms with van der Waals surface area (Å²) < 4.78 is 28.4. The Labute approximate surface area is 620 Å². The number of aliphatic hydroxyl groups excluding tert-OH is 8. The summed E-state index contributed by atoms with van der Waals surface area (Å²) in [5.74, 6) is -2.20. The monoisotopic (exact) mass is 1590 g/mol. The van der Waals surface area contributed by atoms with Gasteiger partial charge in [-0.1, -0.05) is 18.6 Å². The third kappa shape index (κ3) is 26.6. The van der Waals surface area contributed by atoms with E-state index in [0.29, 0.717) is 37.8 Å². The topological polar surface area (TPSA) is 491 Å². The summed E-state index contributed by atoms with van der Waals surface area (Å²) in [6.07, 6.45) is 12.0. The Balaban J connectivity index is 0.000000256. The predicted octanol–water partition coefficient (Wildman–Crippen LogP) is -0.997. The molecule has 0 spiro atoms. The summed E-state index contributed by atoms with van der Waals surface area (Å²) in [6, 6.07) is 0. The van der Waals surface area contributed by atoms with E-state index in [1.807, 2.05) is 19.9 Å². The number of carbonyl (C=O) groups excluding carboxylic acids is 2. The molecule has 107 heavy (non-hydrogen) atoms. The largest absolute Gasteiger partial charge is 0.481 e. The maximum Gasteiger partial charge on any atom is 0.330 e. The van der Waals surface area contributed by atoms with Gasteiger partial charge in [-0.3, -0.25) is 66.8 Å². The van der Waals surface area contributed by atoms with Crippen molar-refractivity contribution < 1.29 is 79.3 Å². The van der Waals surface area contributed by atoms with Crippen LogP contribution >= 0.6 is 27.5 Å². The number of aromatic amines is 3. The van der Waals surface area contributed by atoms with Gasteiger partial charge in [-0.25, -0.2) is 19.2 Å². The van der Waals surface area contributed by atoms with Crippen molar-refractivity contribution in [2.75, 3.05) is 84.5 Å². The zero-order chi connectivity index (χ0) is 81.0. The minimum atomic E-state index is -1.35. The molecule has 0 aliphatic carbocycles. The second-order valence-corrected chi connectivity index (χ2v) is 48.4. The average molecular weight is 1590 g/mol. The molecule has 4 fully saturated rings. The molecule has 17 atom stereocenters. The molecule has 8 heterocycles. The van der Waals surface area contributed by atoms with Crippen LogP contribution in [0.2, 0.25) is 0 Å². The number of carboxylic acid groups (broad SMARTS) is 1. The van der Waals surface area contributed by atoms with E-state index in [1.165, 1.54) is 57.2 Å². The SMILES string of the molecule is C=P(C)(C)CC[C@H]1O[C@@H](c2cn(C)c(=O)n(CCC(C)C(=O)O)c2=O)[C@H](O)[C@@H]1O.C=P(C)(C)CC[C@H]1O[C@@H](n2cc(CC(C)=O)c(=O)[nH]c2=O)[C@H](O)[C@@H]1O.C=P(C)(C)CC[C@H]1O[C@@H](n2cc(CC(C)=O)c(=O)[nH]c2=O)[C@H](O)[C@@H]1O.C=P(C)(C)CC[C@H]1O[C@@H](n2cc(CNCC=C(C)C)c(=O)[nH]c2=O)[C@H](O)[C@@H]1O. The second kappa shape index (κ2) is 38.7. The van der Waals surface area contributed by atoms with Crippen LogP contribution < -0.4 is 50.3 Å². The van der Waals surface area contributed by atoms with Crippen molar-refractivity contribution in [1.29, 1.82) is 0 Å². The van der Waals surface area contributed by atoms with Gasteiger partial charge in [0.05, 0.1) is 35.9 Å². The van der Waals surface area contributed by atoms with Gasteiger partial charge >= 0.3 is 28.7 Å². The Kier molecular flexibility index (Phi) is 33.1. The molecule has 0 radical (unpaired) electrons. The number of aliphatic carboxylic acids is 1. The number of aryl methyl sites for hydroxylation is 1. The molecule has 0 aromatic carbocycles. The summed E-state index contributed by atoms with van der Waals surface area (Å²) in [6.45, 7) is 20.1. The smallest absolute Gasteiger partial charge is 0.330 e. The van der Waals surface area contributed by atoms with Crippen LogP contribution in [0.3, 0.4) is 0 Å². The highest BCUT2D eigenvalue weighted by Crippen LogP contribution is 2.43. The van der Waals surface area contributed by atoms with Crippen LogP contribution in [0, 0.1) is 5.92 Å². The van der Waals surface area contributed by atoms with Gasteiger partial charge in [0.25, 0.3) is 22.2 Å². The maximum absolute atomic E-state index is 12.9. The van der Waals surface area contributed by atoms with Crippen LogP contribution in [-0.2, 0) is 66.3 Å². The fourth-order valence-electron chi connectivity index (χ4n) is 11.9. The fraction of sp³-hybridized carbons (Fsp3) is 0.643. The van der Waals surface area contributed by atoms with Crippen LogP contribution in [0.5, 0.6) is 0 Å². The molecule has 37 heteroatoms. The number of hydrogen-bond acceptors (Lipinski definition) is 24. The standard InChI is InChI=1S/C19H32N3O5P.C19H31N2O7P.2C16H25N2O6P/c1-12(2)6-8-20-10-13-11-22(19(26)21-17(13)25)18-16(24)15(23)14(27-18)7-9-28(3,4)5;1-11(18(25)26)6-8-21-17(24)12(10-20(2)19(21)27)16-15(23)14(22)13(28-16)7-9-29(3,4)5;2*1-9(19)7-10-8-18(16(23)17-14(10)22)15-13(21)12(20)11(24-15)5-6-25(2,3)4/h6,11,14-16,18,20,23-24H,3,7-10H2,1-2,4-5H3,(H,21,25,26);10-11,13-16,22-23H,3,6-9H2,1-2,4-5H3,(H,25,26);2*8,11-13,15,20-21H,2,5-7H2,1,3-4H3,(H,17,22,23)/t14-,15-,16-,18-;11?,13-,14-,15-,16+;2*11-,12-,13-,15-/m1111/s1. The van der Waals surface area contributed by atoms with Crippen LogP contribution in [0.4, 0.5) is 0 Å². The van der Waals surface area contributed by atoms with Crippen molar-refractivity contribution >= 4 is 70.3 Å². The third-order valence-corrected chi connectivity index (χ3v) is 24.0. The Morgan fingerprint density at radius 1 is 0.514 bits per heavy atom. The Morgan fingerprint density at radius 2 is 0.841 bits per heavy atom. The van der Waals surface area contributed by atoms with Crippen molar-refractivity contribution in [2.24, 2.45) is 13.0 Å². The van der Waals surface area contributed by atoms with E-state index in [9.17, 15) is 93.6 Å². The molecular weight excluding hydrogens is 1470 g/mol. The van der Waals surface area contributed by atoms with Crippen molar-refractivity contribution in [3.8, 4) is 0 Å². The summed E-state index contributed by atoms with van der Waals surface area (Å²) in [5.41, 5.74) is -3.45. The van der Waals surface area contributed by atoms with E-state index in [4.69, 9.17) is 24.1 Å². The molecule has 0 amide bonds. The molecule has 1 unspecified atom stereocenters. The minimum Gasteiger partial charge on any atom is -0.481 e. The lowest BCUT2D eigenvalue weighted by molar-refractivity contribution is -0.141. The fourth-order valence-corrected chi connectivity index (χ4v) is 15.7. The van der Waals surface area contributed by atoms with Gasteiger partial charge < -0.3 is 74.8 Å². The zero-order valence-electron chi connectivity index (χ0n) is 63.6. The summed E-state index contributed by atoms with van der Waals surface area (Å²) in [7, 11) is 1.47. The number of Topliss-reactive ketones (excluding diaryl/α,β-unsaturated/α-hetero) is 2. The van der Waals surface area contributed by atoms with E-state index >= 15 is 0 Å². The quantitative estimate of drug-likeness (QED) is 0.0184. The molecule has 33 nitrogen and oxygen atoms in total. The molecule has 4 aromatic heterocycles. The number of nitrogens with one attached hydrogen (secondary N) is 4. The van der Waals surface area contributed by atoms with Gasteiger partial charge in [-0.15, -0.1) is 52.7 Å². The number of aromatic nitrogens is 8. The van der Waals surface area contributed by atoms with Crippen molar-refractivity contribution in [3.63, 3.8) is 0 Å². The summed E-state index contributed by atoms with van der Waals surface area (Å²) in [5, 5.41) is 94.7. The number of carbonyl (C=O) groups is 3. The number of aliphatic hydroxyl groups is 8. The molecule has 602 valence electrons. The predicted molar refractivity (Wildman–Crippen MR) is 420 cm³/mol. The number of nitrogens with zero attached hydrogens (tertiary/aromatic N) is 5. The van der Waals surface area contributed by atoms with Gasteiger partial charge in [0.2, 0.25) is 0 Å². The van der Waals surface area contributed by atoms with E-state index in [1.54, 1.807) is 0 Å². The van der Waals surface area contributed by atoms with Gasteiger partial charge in [0, 0.05) is 81.0 Å². The number of carboxylic acids is 1. The number of ether oxygens (including phenoxy) is 4. The zero-order valence-corrected chi connectivity index (χ0v) is 67.2. The van der Waals surface area contributed by atoms with Gasteiger partial charge in [-0.05, 0) is 138 Å². The van der Waals surface area contributed by atoms with Gasteiger partial charge in [-0.2, -0.15) is 0 Å². The normalized spacial score (nSPS) is 26.1. The summed E-state index contributed by atoms with van der Waals surface area (Å²) >= 11 is 0. The van der Waals surface area contributed by atoms with Crippen LogP contribution in [0.15, 0.2) is 74.8 Å². The molecule has 4 aliphatic rings. The Morgan fingerprint density at radius 3 is 1.17 bits per heavy atom. The number of ketones is 2. The van der Waals surface area contributed by atoms with Crippen molar-refractivity contribution in [1.82, 2.24) is 43.1 Å². The highest BCUT2D eigenvalue weighted by Gasteiger charge is 2.48. The van der Waals surface area contributed by atoms with Crippen molar-refractivity contribution in [2.45, 2.75) is 191 Å². The van der Waals surface area contributed by atoms with Crippen molar-refractivity contribution in [3.05, 3.63) is 142 Å². The molecule has 4 aliphatic heterocycles. The number of hydrogen-bond donors (Lipinski definition) is 13. The highest BCUT2D eigenvalue weighted by molar-refractivity contribution is 7.73. The molecule has 0 bridgehead atoms. The molecule has 8 rings (SSSR count). The van der Waals surface area contributed by atoms with Gasteiger partial charge in [0.1, 0.15) is 66.5 Å². The molecular formula is C70H113N9O24P4. The number of allylic oxidation sites excluding steroid dienone is 1.